The molecule has 2 rings (SSSR count). The number of rotatable bonds is 4. The highest BCUT2D eigenvalue weighted by Crippen LogP contribution is 2.26. The van der Waals surface area contributed by atoms with Crippen LogP contribution < -0.4 is 4.74 Å². The topological polar surface area (TPSA) is 82.6 Å². The van der Waals surface area contributed by atoms with Gasteiger partial charge in [-0.05, 0) is 18.2 Å². The third-order valence-corrected chi connectivity index (χ3v) is 2.60. The summed E-state index contributed by atoms with van der Waals surface area (Å²) in [4.78, 5) is 14.1. The molecule has 1 atom stereocenters. The molecule has 96 valence electrons. The van der Waals surface area contributed by atoms with E-state index in [1.807, 2.05) is 12.1 Å². The van der Waals surface area contributed by atoms with Crippen LogP contribution in [0.25, 0.3) is 10.9 Å². The second-order valence-corrected chi connectivity index (χ2v) is 4.15. The number of fused-ring (bicyclic) bond motifs is 1. The minimum atomic E-state index is -0.796. The number of hydrogen-bond acceptors (Lipinski definition) is 4. The van der Waals surface area contributed by atoms with E-state index in [0.29, 0.717) is 12.2 Å². The Morgan fingerprint density at radius 2 is 2.28 bits per heavy atom. The lowest BCUT2D eigenvalue weighted by atomic mass is 10.2. The zero-order valence-corrected chi connectivity index (χ0v) is 10.0. The predicted octanol–water partition coefficient (Wildman–Crippen LogP) is 0.989. The minimum Gasteiger partial charge on any atom is -0.426 e. The third kappa shape index (κ3) is 2.69. The zero-order chi connectivity index (χ0) is 13.1. The quantitative estimate of drug-likeness (QED) is 0.557. The summed E-state index contributed by atoms with van der Waals surface area (Å²) < 4.78 is 5.10. The Hall–Kier alpha value is -1.85. The molecule has 1 aromatic carbocycles. The lowest BCUT2D eigenvalue weighted by Gasteiger charge is -2.03. The molecule has 1 unspecified atom stereocenters. The van der Waals surface area contributed by atoms with Crippen molar-refractivity contribution in [1.29, 1.82) is 0 Å². The first-order chi connectivity index (χ1) is 8.60. The summed E-state index contributed by atoms with van der Waals surface area (Å²) in [6.07, 6.45) is -0.472. The van der Waals surface area contributed by atoms with Crippen LogP contribution in [-0.2, 0) is 11.2 Å². The van der Waals surface area contributed by atoms with Crippen molar-refractivity contribution in [3.63, 3.8) is 0 Å². The van der Waals surface area contributed by atoms with Crippen LogP contribution in [0.1, 0.15) is 12.6 Å². The average molecular weight is 249 g/mol. The standard InChI is InChI=1S/C13H15NO4/c1-8(16)18-13-4-2-3-12-11(13)6-9(14-12)5-10(17)7-15/h2-4,6,10,14-15,17H,5,7H2,1H3. The van der Waals surface area contributed by atoms with E-state index >= 15 is 0 Å². The molecule has 0 spiro atoms. The maximum atomic E-state index is 11.0. The van der Waals surface area contributed by atoms with Gasteiger partial charge in [-0.1, -0.05) is 6.07 Å². The summed E-state index contributed by atoms with van der Waals surface area (Å²) in [5, 5.41) is 19.0. The number of carbonyl (C=O) groups is 1. The molecule has 5 heteroatoms. The molecule has 0 aliphatic carbocycles. The fourth-order valence-corrected chi connectivity index (χ4v) is 1.86. The van der Waals surface area contributed by atoms with Crippen molar-refractivity contribution in [2.45, 2.75) is 19.4 Å². The first-order valence-electron chi connectivity index (χ1n) is 5.68. The fourth-order valence-electron chi connectivity index (χ4n) is 1.86. The summed E-state index contributed by atoms with van der Waals surface area (Å²) in [6, 6.07) is 7.16. The number of H-pyrrole nitrogens is 1. The van der Waals surface area contributed by atoms with Gasteiger partial charge < -0.3 is 19.9 Å². The Morgan fingerprint density at radius 1 is 1.50 bits per heavy atom. The second-order valence-electron chi connectivity index (χ2n) is 4.15. The van der Waals surface area contributed by atoms with Gasteiger partial charge in [-0.3, -0.25) is 4.79 Å². The number of hydrogen-bond donors (Lipinski definition) is 3. The molecule has 0 fully saturated rings. The van der Waals surface area contributed by atoms with E-state index < -0.39 is 6.10 Å². The SMILES string of the molecule is CC(=O)Oc1cccc2[nH]c(CC(O)CO)cc12. The van der Waals surface area contributed by atoms with E-state index in [1.54, 1.807) is 12.1 Å². The maximum Gasteiger partial charge on any atom is 0.308 e. The minimum absolute atomic E-state index is 0.286. The summed E-state index contributed by atoms with van der Waals surface area (Å²) in [5.74, 6) is 0.113. The number of aromatic amines is 1. The number of aromatic nitrogens is 1. The van der Waals surface area contributed by atoms with Crippen LogP contribution in [0, 0.1) is 0 Å². The van der Waals surface area contributed by atoms with E-state index in [0.717, 1.165) is 16.6 Å². The second kappa shape index (κ2) is 5.20. The molecule has 0 bridgehead atoms. The molecular formula is C13H15NO4. The lowest BCUT2D eigenvalue weighted by Crippen LogP contribution is -2.15. The molecule has 0 aliphatic rings. The lowest BCUT2D eigenvalue weighted by molar-refractivity contribution is -0.131. The van der Waals surface area contributed by atoms with Crippen LogP contribution in [0.2, 0.25) is 0 Å². The van der Waals surface area contributed by atoms with Gasteiger partial charge in [0.1, 0.15) is 5.75 Å². The van der Waals surface area contributed by atoms with E-state index in [9.17, 15) is 9.90 Å². The molecule has 0 saturated carbocycles. The fraction of sp³-hybridized carbons (Fsp3) is 0.308. The highest BCUT2D eigenvalue weighted by molar-refractivity contribution is 5.88. The Morgan fingerprint density at radius 3 is 2.94 bits per heavy atom. The first-order valence-corrected chi connectivity index (χ1v) is 5.68. The number of nitrogens with one attached hydrogen (secondary N) is 1. The highest BCUT2D eigenvalue weighted by Gasteiger charge is 2.10. The molecule has 0 saturated heterocycles. The van der Waals surface area contributed by atoms with Gasteiger partial charge in [0.15, 0.2) is 0 Å². The molecule has 1 aromatic heterocycles. The predicted molar refractivity (Wildman–Crippen MR) is 66.4 cm³/mol. The van der Waals surface area contributed by atoms with Crippen molar-refractivity contribution in [2.24, 2.45) is 0 Å². The van der Waals surface area contributed by atoms with Gasteiger partial charge in [0.25, 0.3) is 0 Å². The van der Waals surface area contributed by atoms with Crippen LogP contribution in [0.3, 0.4) is 0 Å². The smallest absolute Gasteiger partial charge is 0.308 e. The van der Waals surface area contributed by atoms with E-state index in [2.05, 4.69) is 4.98 Å². The normalized spacial score (nSPS) is 12.6. The Labute approximate surface area is 104 Å². The summed E-state index contributed by atoms with van der Waals surface area (Å²) in [6.45, 7) is 1.06. The van der Waals surface area contributed by atoms with Crippen molar-refractivity contribution in [3.05, 3.63) is 30.0 Å². The first kappa shape index (κ1) is 12.6. The van der Waals surface area contributed by atoms with Crippen molar-refractivity contribution in [1.82, 2.24) is 4.98 Å². The third-order valence-electron chi connectivity index (χ3n) is 2.60. The molecule has 5 nitrogen and oxygen atoms in total. The summed E-state index contributed by atoms with van der Waals surface area (Å²) >= 11 is 0. The summed E-state index contributed by atoms with van der Waals surface area (Å²) in [7, 11) is 0. The van der Waals surface area contributed by atoms with Gasteiger partial charge in [-0.25, -0.2) is 0 Å². The van der Waals surface area contributed by atoms with Crippen molar-refractivity contribution in [2.75, 3.05) is 6.61 Å². The van der Waals surface area contributed by atoms with Gasteiger partial charge >= 0.3 is 5.97 Å². The van der Waals surface area contributed by atoms with Crippen LogP contribution >= 0.6 is 0 Å². The molecule has 18 heavy (non-hydrogen) atoms. The Bertz CT molecular complexity index is 561. The van der Waals surface area contributed by atoms with Crippen molar-refractivity contribution < 1.29 is 19.7 Å². The molecule has 0 amide bonds. The van der Waals surface area contributed by atoms with Crippen LogP contribution in [0.4, 0.5) is 0 Å². The van der Waals surface area contributed by atoms with Crippen molar-refractivity contribution in [3.8, 4) is 5.75 Å². The molecule has 1 heterocycles. The molecule has 2 aromatic rings. The number of esters is 1. The van der Waals surface area contributed by atoms with Gasteiger partial charge in [-0.15, -0.1) is 0 Å². The van der Waals surface area contributed by atoms with Gasteiger partial charge in [0.05, 0.1) is 12.7 Å². The van der Waals surface area contributed by atoms with Crippen LogP contribution in [0.15, 0.2) is 24.3 Å². The monoisotopic (exact) mass is 249 g/mol. The highest BCUT2D eigenvalue weighted by atomic mass is 16.5. The maximum absolute atomic E-state index is 11.0. The Balaban J connectivity index is 2.35. The van der Waals surface area contributed by atoms with Gasteiger partial charge in [0.2, 0.25) is 0 Å². The van der Waals surface area contributed by atoms with E-state index in [1.165, 1.54) is 6.92 Å². The number of ether oxygens (including phenoxy) is 1. The van der Waals surface area contributed by atoms with Crippen LogP contribution in [-0.4, -0.2) is 33.9 Å². The van der Waals surface area contributed by atoms with Crippen molar-refractivity contribution >= 4 is 16.9 Å². The number of aliphatic hydroxyl groups excluding tert-OH is 2. The Kier molecular flexibility index (Phi) is 3.64. The van der Waals surface area contributed by atoms with E-state index in [4.69, 9.17) is 9.84 Å². The van der Waals surface area contributed by atoms with E-state index in [-0.39, 0.29) is 12.6 Å². The molecule has 0 aliphatic heterocycles. The van der Waals surface area contributed by atoms with Crippen LogP contribution in [0.5, 0.6) is 5.75 Å². The summed E-state index contributed by atoms with van der Waals surface area (Å²) in [5.41, 5.74) is 1.61. The number of carbonyl (C=O) groups excluding carboxylic acids is 1. The molecule has 3 N–H and O–H groups in total. The number of aliphatic hydroxyl groups is 2. The zero-order valence-electron chi connectivity index (χ0n) is 10.0. The van der Waals surface area contributed by atoms with Gasteiger partial charge in [0, 0.05) is 29.9 Å². The average Bonchev–Trinajstić information content (AvgIpc) is 2.71. The molecular weight excluding hydrogens is 234 g/mol. The largest absolute Gasteiger partial charge is 0.426 e. The molecule has 0 radical (unpaired) electrons. The van der Waals surface area contributed by atoms with Gasteiger partial charge in [-0.2, -0.15) is 0 Å². The number of benzene rings is 1.